The number of amides is 1. The molecule has 26 heavy (non-hydrogen) atoms. The Kier molecular flexibility index (Phi) is 6.86. The normalized spacial score (nSPS) is 11.9. The lowest BCUT2D eigenvalue weighted by Crippen LogP contribution is -2.31. The Balaban J connectivity index is 2.26. The Labute approximate surface area is 156 Å². The van der Waals surface area contributed by atoms with E-state index in [-0.39, 0.29) is 23.5 Å². The molecule has 1 heterocycles. The number of carbonyl (C=O) groups is 1. The van der Waals surface area contributed by atoms with Gasteiger partial charge in [-0.25, -0.2) is 9.87 Å². The summed E-state index contributed by atoms with van der Waals surface area (Å²) in [6.45, 7) is -0.844. The maximum atomic E-state index is 14.0. The number of carbonyl (C=O) groups excluding carboxylic acids is 1. The molecule has 140 valence electrons. The van der Waals surface area contributed by atoms with E-state index in [4.69, 9.17) is 9.94 Å². The van der Waals surface area contributed by atoms with E-state index in [1.807, 2.05) is 0 Å². The Morgan fingerprint density at radius 2 is 2.12 bits per heavy atom. The third-order valence-electron chi connectivity index (χ3n) is 3.32. The van der Waals surface area contributed by atoms with Crippen molar-refractivity contribution in [3.8, 4) is 0 Å². The second kappa shape index (κ2) is 8.90. The highest BCUT2D eigenvalue weighted by molar-refractivity contribution is 9.10. The number of aromatic nitrogens is 1. The van der Waals surface area contributed by atoms with Crippen LogP contribution in [0.4, 0.5) is 15.8 Å². The first-order valence-corrected chi connectivity index (χ1v) is 8.25. The van der Waals surface area contributed by atoms with Gasteiger partial charge in [0, 0.05) is 23.8 Å². The van der Waals surface area contributed by atoms with Gasteiger partial charge in [0.1, 0.15) is 18.5 Å². The van der Waals surface area contributed by atoms with Crippen LogP contribution in [0.2, 0.25) is 0 Å². The van der Waals surface area contributed by atoms with Gasteiger partial charge in [0.05, 0.1) is 23.5 Å². The average Bonchev–Trinajstić information content (AvgIpc) is 2.59. The van der Waals surface area contributed by atoms with Crippen molar-refractivity contribution in [1.29, 1.82) is 0 Å². The van der Waals surface area contributed by atoms with E-state index >= 15 is 0 Å². The van der Waals surface area contributed by atoms with E-state index in [0.717, 1.165) is 6.07 Å². The molecule has 0 aliphatic rings. The van der Waals surface area contributed by atoms with Crippen LogP contribution in [0.15, 0.2) is 39.7 Å². The first-order chi connectivity index (χ1) is 12.3. The summed E-state index contributed by atoms with van der Waals surface area (Å²) < 4.78 is 15.7. The number of rotatable bonds is 7. The molecule has 0 saturated carbocycles. The predicted molar refractivity (Wildman–Crippen MR) is 95.6 cm³/mol. The highest BCUT2D eigenvalue weighted by Crippen LogP contribution is 2.24. The van der Waals surface area contributed by atoms with Crippen molar-refractivity contribution in [3.63, 3.8) is 0 Å². The molecular formula is C16H17BrFN3O5. The number of aliphatic hydroxyl groups excluding tert-OH is 2. The number of hydrogen-bond acceptors (Lipinski definition) is 6. The highest BCUT2D eigenvalue weighted by Gasteiger charge is 2.16. The fraction of sp³-hybridized carbons (Fsp3) is 0.250. The van der Waals surface area contributed by atoms with Gasteiger partial charge in [-0.3, -0.25) is 14.4 Å². The number of benzene rings is 1. The number of hydroxylamine groups is 1. The van der Waals surface area contributed by atoms with Crippen LogP contribution in [0.5, 0.6) is 0 Å². The van der Waals surface area contributed by atoms with Gasteiger partial charge in [0.25, 0.3) is 11.5 Å². The molecule has 2 rings (SSSR count). The lowest BCUT2D eigenvalue weighted by molar-refractivity contribution is -0.0295. The second-order valence-corrected chi connectivity index (χ2v) is 6.29. The summed E-state index contributed by atoms with van der Waals surface area (Å²) >= 11 is 3.15. The summed E-state index contributed by atoms with van der Waals surface area (Å²) in [6.07, 6.45) is 0.118. The predicted octanol–water partition coefficient (Wildman–Crippen LogP) is 1.05. The molecule has 0 saturated heterocycles. The summed E-state index contributed by atoms with van der Waals surface area (Å²) in [7, 11) is 1.46. The van der Waals surface area contributed by atoms with E-state index in [1.165, 1.54) is 29.9 Å². The largest absolute Gasteiger partial charge is 0.394 e. The van der Waals surface area contributed by atoms with Crippen LogP contribution in [0.3, 0.4) is 0 Å². The van der Waals surface area contributed by atoms with E-state index in [0.29, 0.717) is 4.47 Å². The van der Waals surface area contributed by atoms with Crippen LogP contribution in [-0.4, -0.2) is 40.0 Å². The van der Waals surface area contributed by atoms with Gasteiger partial charge in [-0.1, -0.05) is 15.9 Å². The molecule has 0 radical (unpaired) electrons. The van der Waals surface area contributed by atoms with Crippen molar-refractivity contribution in [2.24, 2.45) is 7.05 Å². The molecule has 0 fully saturated rings. The van der Waals surface area contributed by atoms with Crippen molar-refractivity contribution in [2.75, 3.05) is 18.5 Å². The smallest absolute Gasteiger partial charge is 0.278 e. The second-order valence-electron chi connectivity index (χ2n) is 5.38. The number of hydrogen-bond donors (Lipinski definition) is 4. The first-order valence-electron chi connectivity index (χ1n) is 7.45. The van der Waals surface area contributed by atoms with Crippen molar-refractivity contribution >= 4 is 33.2 Å². The average molecular weight is 430 g/mol. The first kappa shape index (κ1) is 20.0. The lowest BCUT2D eigenvalue weighted by atomic mass is 10.2. The molecule has 0 aliphatic carbocycles. The minimum atomic E-state index is -1.15. The number of aryl methyl sites for hydroxylation is 1. The molecule has 4 N–H and O–H groups in total. The number of anilines is 2. The van der Waals surface area contributed by atoms with Crippen molar-refractivity contribution in [2.45, 2.75) is 6.10 Å². The standard InChI is InChI=1S/C16H17BrFN3O5/c1-21-6-11(16(25)20-26-8-10(23)7-22)14(5-15(21)24)19-13-3-2-9(17)4-12(13)18/h2-6,10,19,22-23H,7-8H2,1H3,(H,20,25). The van der Waals surface area contributed by atoms with Gasteiger partial charge in [0.2, 0.25) is 0 Å². The fourth-order valence-corrected chi connectivity index (χ4v) is 2.29. The van der Waals surface area contributed by atoms with Crippen LogP contribution in [0, 0.1) is 5.82 Å². The molecule has 1 unspecified atom stereocenters. The molecule has 0 spiro atoms. The maximum Gasteiger partial charge on any atom is 0.278 e. The van der Waals surface area contributed by atoms with Gasteiger partial charge in [0.15, 0.2) is 0 Å². The number of pyridine rings is 1. The van der Waals surface area contributed by atoms with Crippen LogP contribution in [-0.2, 0) is 11.9 Å². The van der Waals surface area contributed by atoms with Crippen LogP contribution >= 0.6 is 15.9 Å². The number of halogens is 2. The Morgan fingerprint density at radius 1 is 1.38 bits per heavy atom. The molecule has 0 bridgehead atoms. The van der Waals surface area contributed by atoms with Crippen molar-refractivity contribution in [1.82, 2.24) is 10.0 Å². The van der Waals surface area contributed by atoms with Gasteiger partial charge in [-0.15, -0.1) is 0 Å². The molecule has 10 heteroatoms. The van der Waals surface area contributed by atoms with Crippen molar-refractivity contribution < 1.29 is 24.2 Å². The minimum absolute atomic E-state index is 0.0212. The molecule has 2 aromatic rings. The molecule has 1 aromatic carbocycles. The van der Waals surface area contributed by atoms with Crippen LogP contribution in [0.1, 0.15) is 10.4 Å². The number of aliphatic hydroxyl groups is 2. The SMILES string of the molecule is Cn1cc(C(=O)NOCC(O)CO)c(Nc2ccc(Br)cc2F)cc1=O. The van der Waals surface area contributed by atoms with Gasteiger partial charge < -0.3 is 20.1 Å². The topological polar surface area (TPSA) is 113 Å². The third kappa shape index (κ3) is 5.11. The van der Waals surface area contributed by atoms with Crippen LogP contribution < -0.4 is 16.4 Å². The molecule has 1 aromatic heterocycles. The zero-order chi connectivity index (χ0) is 19.3. The van der Waals surface area contributed by atoms with Gasteiger partial charge >= 0.3 is 0 Å². The molecule has 8 nitrogen and oxygen atoms in total. The lowest BCUT2D eigenvalue weighted by Gasteiger charge is -2.14. The van der Waals surface area contributed by atoms with Crippen LogP contribution in [0.25, 0.3) is 0 Å². The quantitative estimate of drug-likeness (QED) is 0.489. The van der Waals surface area contributed by atoms with Gasteiger partial charge in [-0.2, -0.15) is 0 Å². The zero-order valence-electron chi connectivity index (χ0n) is 13.7. The fourth-order valence-electron chi connectivity index (χ4n) is 1.96. The summed E-state index contributed by atoms with van der Waals surface area (Å²) in [4.78, 5) is 29.0. The van der Waals surface area contributed by atoms with E-state index in [9.17, 15) is 19.1 Å². The monoisotopic (exact) mass is 429 g/mol. The summed E-state index contributed by atoms with van der Waals surface area (Å²) in [5, 5.41) is 20.6. The van der Waals surface area contributed by atoms with E-state index in [1.54, 1.807) is 6.07 Å². The number of nitrogens with zero attached hydrogens (tertiary/aromatic N) is 1. The molecule has 0 aliphatic heterocycles. The maximum absolute atomic E-state index is 14.0. The van der Waals surface area contributed by atoms with Crippen molar-refractivity contribution in [3.05, 3.63) is 56.7 Å². The Hall–Kier alpha value is -2.27. The molecule has 1 atom stereocenters. The Morgan fingerprint density at radius 3 is 2.77 bits per heavy atom. The van der Waals surface area contributed by atoms with Gasteiger partial charge in [-0.05, 0) is 18.2 Å². The minimum Gasteiger partial charge on any atom is -0.394 e. The zero-order valence-corrected chi connectivity index (χ0v) is 15.3. The molecule has 1 amide bonds. The van der Waals surface area contributed by atoms with E-state index in [2.05, 4.69) is 26.7 Å². The summed E-state index contributed by atoms with van der Waals surface area (Å²) in [6, 6.07) is 5.44. The van der Waals surface area contributed by atoms with E-state index < -0.39 is 30.0 Å². The number of nitrogens with one attached hydrogen (secondary N) is 2. The Bertz CT molecular complexity index is 858. The third-order valence-corrected chi connectivity index (χ3v) is 3.82. The highest BCUT2D eigenvalue weighted by atomic mass is 79.9. The summed E-state index contributed by atoms with van der Waals surface area (Å²) in [5.74, 6) is -1.29. The summed E-state index contributed by atoms with van der Waals surface area (Å²) in [5.41, 5.74) is 1.87. The molecular weight excluding hydrogens is 413 g/mol.